The highest BCUT2D eigenvalue weighted by atomic mass is 16.5. The fraction of sp³-hybridized carbons (Fsp3) is 0.524. The van der Waals surface area contributed by atoms with Crippen molar-refractivity contribution >= 4 is 22.7 Å². The lowest BCUT2D eigenvalue weighted by atomic mass is 10.2. The van der Waals surface area contributed by atoms with Crippen LogP contribution in [-0.4, -0.2) is 71.1 Å². The van der Waals surface area contributed by atoms with Gasteiger partial charge in [0.15, 0.2) is 11.5 Å². The number of rotatable bonds is 4. The first-order chi connectivity index (χ1) is 14.4. The number of hydrogen-bond acceptors (Lipinski definition) is 6. The summed E-state index contributed by atoms with van der Waals surface area (Å²) in [5.41, 5.74) is 0.382. The smallest absolute Gasteiger partial charge is 0.261 e. The third-order valence-corrected chi connectivity index (χ3v) is 5.98. The summed E-state index contributed by atoms with van der Waals surface area (Å²) in [5.74, 6) is 1.57. The predicted octanol–water partition coefficient (Wildman–Crippen LogP) is 0.809. The molecule has 0 radical (unpaired) electrons. The maximum Gasteiger partial charge on any atom is 0.261 e. The van der Waals surface area contributed by atoms with Crippen molar-refractivity contribution in [2.45, 2.75) is 38.8 Å². The molecule has 9 nitrogen and oxygen atoms in total. The summed E-state index contributed by atoms with van der Waals surface area (Å²) in [4.78, 5) is 46.2. The molecule has 0 saturated carbocycles. The summed E-state index contributed by atoms with van der Waals surface area (Å²) in [6.07, 6.45) is 1.76. The Bertz CT molecular complexity index is 1060. The van der Waals surface area contributed by atoms with Crippen molar-refractivity contribution in [3.63, 3.8) is 0 Å². The Labute approximate surface area is 174 Å². The number of fused-ring (bicyclic) bond motifs is 2. The first kappa shape index (κ1) is 20.2. The molecule has 1 aromatic heterocycles. The third kappa shape index (κ3) is 3.38. The van der Waals surface area contributed by atoms with E-state index in [-0.39, 0.29) is 17.4 Å². The number of benzene rings is 1. The minimum atomic E-state index is -0.488. The molecular weight excluding hydrogens is 388 g/mol. The quantitative estimate of drug-likeness (QED) is 0.735. The van der Waals surface area contributed by atoms with E-state index in [2.05, 4.69) is 4.98 Å². The van der Waals surface area contributed by atoms with Crippen molar-refractivity contribution in [1.29, 1.82) is 0 Å². The molecule has 2 amide bonds. The van der Waals surface area contributed by atoms with Gasteiger partial charge in [0.2, 0.25) is 11.8 Å². The lowest BCUT2D eigenvalue weighted by Gasteiger charge is -2.29. The van der Waals surface area contributed by atoms with Crippen LogP contribution in [0.5, 0.6) is 11.5 Å². The monoisotopic (exact) mass is 414 g/mol. The van der Waals surface area contributed by atoms with Crippen molar-refractivity contribution in [3.8, 4) is 11.5 Å². The van der Waals surface area contributed by atoms with Crippen molar-refractivity contribution < 1.29 is 19.1 Å². The fourth-order valence-corrected chi connectivity index (χ4v) is 4.28. The molecule has 0 bridgehead atoms. The van der Waals surface area contributed by atoms with Crippen LogP contribution < -0.4 is 15.0 Å². The van der Waals surface area contributed by atoms with Gasteiger partial charge in [-0.2, -0.15) is 0 Å². The molecule has 2 aliphatic rings. The van der Waals surface area contributed by atoms with Gasteiger partial charge in [0.25, 0.3) is 5.56 Å². The van der Waals surface area contributed by atoms with Gasteiger partial charge in [-0.15, -0.1) is 0 Å². The average molecular weight is 414 g/mol. The van der Waals surface area contributed by atoms with Gasteiger partial charge in [-0.1, -0.05) is 0 Å². The molecule has 1 saturated heterocycles. The van der Waals surface area contributed by atoms with Crippen molar-refractivity contribution in [2.24, 2.45) is 0 Å². The lowest BCUT2D eigenvalue weighted by Crippen LogP contribution is -2.48. The molecule has 4 rings (SSSR count). The van der Waals surface area contributed by atoms with Gasteiger partial charge < -0.3 is 19.3 Å². The number of carbonyl (C=O) groups is 2. The Balaban J connectivity index is 1.62. The van der Waals surface area contributed by atoms with Crippen molar-refractivity contribution in [2.75, 3.05) is 33.9 Å². The molecule has 1 atom stereocenters. The molecular formula is C21H26N4O5. The largest absolute Gasteiger partial charge is 0.493 e. The second-order valence-corrected chi connectivity index (χ2v) is 7.65. The second-order valence-electron chi connectivity index (χ2n) is 7.65. The predicted molar refractivity (Wildman–Crippen MR) is 110 cm³/mol. The highest BCUT2D eigenvalue weighted by Crippen LogP contribution is 2.30. The van der Waals surface area contributed by atoms with Gasteiger partial charge in [-0.25, -0.2) is 4.98 Å². The Kier molecular flexibility index (Phi) is 5.36. The summed E-state index contributed by atoms with van der Waals surface area (Å²) in [6.45, 7) is 3.61. The molecule has 2 aromatic rings. The number of nitrogens with zero attached hydrogens (tertiary/aromatic N) is 4. The summed E-state index contributed by atoms with van der Waals surface area (Å²) in [7, 11) is 3.06. The van der Waals surface area contributed by atoms with Crippen LogP contribution in [0.15, 0.2) is 16.9 Å². The van der Waals surface area contributed by atoms with E-state index in [1.165, 1.54) is 14.2 Å². The summed E-state index contributed by atoms with van der Waals surface area (Å²) in [6, 6.07) is 2.86. The van der Waals surface area contributed by atoms with Gasteiger partial charge >= 0.3 is 0 Å². The van der Waals surface area contributed by atoms with E-state index in [1.807, 2.05) is 0 Å². The Morgan fingerprint density at radius 2 is 1.77 bits per heavy atom. The molecule has 0 unspecified atom stereocenters. The molecule has 1 aromatic carbocycles. The van der Waals surface area contributed by atoms with Crippen LogP contribution in [0.25, 0.3) is 10.9 Å². The average Bonchev–Trinajstić information content (AvgIpc) is 3.07. The van der Waals surface area contributed by atoms with Gasteiger partial charge in [0.05, 0.1) is 25.1 Å². The molecule has 0 spiro atoms. The minimum Gasteiger partial charge on any atom is -0.493 e. The third-order valence-electron chi connectivity index (χ3n) is 5.98. The van der Waals surface area contributed by atoms with Crippen molar-refractivity contribution in [1.82, 2.24) is 19.4 Å². The van der Waals surface area contributed by atoms with E-state index in [4.69, 9.17) is 9.47 Å². The lowest BCUT2D eigenvalue weighted by molar-refractivity contribution is -0.142. The molecule has 0 N–H and O–H groups in total. The van der Waals surface area contributed by atoms with Gasteiger partial charge in [-0.05, 0) is 19.4 Å². The first-order valence-electron chi connectivity index (χ1n) is 10.2. The maximum absolute atomic E-state index is 13.1. The summed E-state index contributed by atoms with van der Waals surface area (Å²) < 4.78 is 12.3. The number of ether oxygens (including phenoxy) is 2. The normalized spacial score (nSPS) is 17.6. The Morgan fingerprint density at radius 1 is 1.03 bits per heavy atom. The number of methoxy groups -OCH3 is 2. The van der Waals surface area contributed by atoms with Crippen LogP contribution in [0.2, 0.25) is 0 Å². The molecule has 160 valence electrons. The van der Waals surface area contributed by atoms with Crippen LogP contribution >= 0.6 is 0 Å². The fourth-order valence-electron chi connectivity index (χ4n) is 4.28. The van der Waals surface area contributed by atoms with Crippen LogP contribution in [0.4, 0.5) is 0 Å². The Hall–Kier alpha value is -3.10. The van der Waals surface area contributed by atoms with E-state index >= 15 is 0 Å². The SMILES string of the molecule is COc1cc2nc3n(c(=O)c2cc1OC)CCN(C(=O)[C@H](C)N1CCCC1=O)CC3. The highest BCUT2D eigenvalue weighted by molar-refractivity contribution is 5.88. The number of aromatic nitrogens is 2. The highest BCUT2D eigenvalue weighted by Gasteiger charge is 2.33. The van der Waals surface area contributed by atoms with Crippen LogP contribution in [-0.2, 0) is 22.6 Å². The van der Waals surface area contributed by atoms with E-state index < -0.39 is 6.04 Å². The van der Waals surface area contributed by atoms with E-state index in [0.29, 0.717) is 67.2 Å². The second kappa shape index (κ2) is 7.97. The molecule has 9 heteroatoms. The number of hydrogen-bond donors (Lipinski definition) is 0. The minimum absolute atomic E-state index is 0.0287. The van der Waals surface area contributed by atoms with E-state index in [1.54, 1.807) is 33.4 Å². The van der Waals surface area contributed by atoms with Crippen molar-refractivity contribution in [3.05, 3.63) is 28.3 Å². The number of carbonyl (C=O) groups excluding carboxylic acids is 2. The molecule has 1 fully saturated rings. The standard InChI is InChI=1S/C21H26N4O5/c1-13(24-7-4-5-19(24)26)20(27)23-8-6-18-22-15-12-17(30-3)16(29-2)11-14(15)21(28)25(18)10-9-23/h11-13H,4-10H2,1-3H3/t13-/m0/s1. The first-order valence-corrected chi connectivity index (χ1v) is 10.2. The topological polar surface area (TPSA) is 94.0 Å². The van der Waals surface area contributed by atoms with Crippen LogP contribution in [0, 0.1) is 0 Å². The summed E-state index contributed by atoms with van der Waals surface area (Å²) in [5, 5.41) is 0.451. The maximum atomic E-state index is 13.1. The zero-order valence-corrected chi connectivity index (χ0v) is 17.5. The number of likely N-dealkylation sites (tertiary alicyclic amines) is 1. The van der Waals surface area contributed by atoms with Gasteiger partial charge in [-0.3, -0.25) is 19.0 Å². The zero-order chi connectivity index (χ0) is 21.4. The van der Waals surface area contributed by atoms with Crippen LogP contribution in [0.3, 0.4) is 0 Å². The Morgan fingerprint density at radius 3 is 2.43 bits per heavy atom. The molecule has 30 heavy (non-hydrogen) atoms. The van der Waals surface area contributed by atoms with Gasteiger partial charge in [0.1, 0.15) is 11.9 Å². The zero-order valence-electron chi connectivity index (χ0n) is 17.5. The molecule has 3 heterocycles. The molecule has 2 aliphatic heterocycles. The van der Waals surface area contributed by atoms with Crippen LogP contribution in [0.1, 0.15) is 25.6 Å². The van der Waals surface area contributed by atoms with E-state index in [9.17, 15) is 14.4 Å². The summed E-state index contributed by atoms with van der Waals surface area (Å²) >= 11 is 0. The number of amides is 2. The molecule has 0 aliphatic carbocycles. The van der Waals surface area contributed by atoms with E-state index in [0.717, 1.165) is 6.42 Å². The van der Waals surface area contributed by atoms with Gasteiger partial charge in [0, 0.05) is 45.1 Å².